The van der Waals surface area contributed by atoms with Gasteiger partial charge in [-0.3, -0.25) is 0 Å². The van der Waals surface area contributed by atoms with E-state index in [4.69, 9.17) is 5.16 Å². The lowest BCUT2D eigenvalue weighted by atomic mass is 10.3. The average molecular weight is 114 g/mol. The molecule has 0 fully saturated rings. The summed E-state index contributed by atoms with van der Waals surface area (Å²) in [6.45, 7) is 0. The van der Waals surface area contributed by atoms with Crippen LogP contribution in [0.4, 0.5) is 0 Å². The van der Waals surface area contributed by atoms with Crippen molar-refractivity contribution in [3.63, 3.8) is 0 Å². The number of hydrogen-bond acceptors (Lipinski definition) is 1. The zero-order valence-electron chi connectivity index (χ0n) is 4.22. The van der Waals surface area contributed by atoms with Crippen molar-refractivity contribution in [1.29, 1.82) is 5.16 Å². The first kappa shape index (κ1) is 4.99. The van der Waals surface area contributed by atoms with Gasteiger partial charge in [-0.15, -0.1) is 5.16 Å². The molecule has 0 aromatic rings. The maximum absolute atomic E-state index is 7.25. The number of hydrogen-bond donors (Lipinski definition) is 1. The Bertz CT molecular complexity index is 107. The van der Waals surface area contributed by atoms with Gasteiger partial charge in [0.1, 0.15) is 12.0 Å². The molecule has 1 unspecified atom stereocenters. The van der Waals surface area contributed by atoms with E-state index in [1.807, 2.05) is 5.82 Å². The lowest BCUT2D eigenvalue weighted by Crippen LogP contribution is -1.79. The smallest absolute Gasteiger partial charge is 0.119 e. The topological polar surface area (TPSA) is 23.9 Å². The molecule has 0 aromatic heterocycles. The molecular weight excluding hydrogens is 105 g/mol. The third-order valence-corrected chi connectivity index (χ3v) is 2.42. The second-order valence-corrected chi connectivity index (χ2v) is 3.41. The zero-order chi connectivity index (χ0) is 5.11. The van der Waals surface area contributed by atoms with Crippen molar-refractivity contribution in [2.45, 2.75) is 12.8 Å². The Kier molecular flexibility index (Phi) is 1.59. The van der Waals surface area contributed by atoms with Gasteiger partial charge in [0, 0.05) is 0 Å². The molecule has 0 amide bonds. The van der Waals surface area contributed by atoms with Gasteiger partial charge in [0.25, 0.3) is 0 Å². The summed E-state index contributed by atoms with van der Waals surface area (Å²) in [5.74, 6) is 2.04. The van der Waals surface area contributed by atoms with E-state index in [9.17, 15) is 0 Å². The van der Waals surface area contributed by atoms with E-state index >= 15 is 0 Å². The molecule has 0 spiro atoms. The highest BCUT2D eigenvalue weighted by molar-refractivity contribution is 7.49. The highest BCUT2D eigenvalue weighted by atomic mass is 31.1. The molecule has 1 rings (SSSR count). The highest BCUT2D eigenvalue weighted by Crippen LogP contribution is 2.28. The lowest BCUT2D eigenvalue weighted by molar-refractivity contribution is 0.957. The fourth-order valence-electron chi connectivity index (χ4n) is 0.656. The van der Waals surface area contributed by atoms with Gasteiger partial charge in [-0.25, -0.2) is 0 Å². The molecule has 1 atom stereocenters. The Labute approximate surface area is 44.7 Å². The fraction of sp³-hybridized carbons (Fsp3) is 0.600. The van der Waals surface area contributed by atoms with Gasteiger partial charge in [-0.1, -0.05) is 0 Å². The molecule has 38 valence electrons. The Hall–Kier alpha value is -0.160. The Morgan fingerprint density at radius 1 is 1.57 bits per heavy atom. The summed E-state index contributed by atoms with van der Waals surface area (Å²) in [6.07, 6.45) is 5.71. The van der Waals surface area contributed by atoms with E-state index in [1.54, 1.807) is 0 Å². The second-order valence-electron chi connectivity index (χ2n) is 1.72. The number of rotatable bonds is 0. The quantitative estimate of drug-likeness (QED) is 0.468. The van der Waals surface area contributed by atoms with Crippen LogP contribution in [0.25, 0.3) is 0 Å². The van der Waals surface area contributed by atoms with Crippen molar-refractivity contribution in [2.75, 3.05) is 6.16 Å². The first-order valence-electron chi connectivity index (χ1n) is 2.54. The van der Waals surface area contributed by atoms with Crippen molar-refractivity contribution < 1.29 is 0 Å². The fourth-order valence-corrected chi connectivity index (χ4v) is 1.73. The molecule has 7 heavy (non-hydrogen) atoms. The van der Waals surface area contributed by atoms with Crippen LogP contribution >= 0.6 is 7.71 Å². The van der Waals surface area contributed by atoms with E-state index in [2.05, 4.69) is 6.08 Å². The molecule has 1 aliphatic heterocycles. The van der Waals surface area contributed by atoms with Gasteiger partial charge in [-0.2, -0.15) is 0 Å². The Morgan fingerprint density at radius 2 is 2.43 bits per heavy atom. The van der Waals surface area contributed by atoms with Crippen LogP contribution in [0.2, 0.25) is 0 Å². The van der Waals surface area contributed by atoms with Crippen molar-refractivity contribution in [3.05, 3.63) is 11.9 Å². The van der Waals surface area contributed by atoms with Crippen LogP contribution in [0.5, 0.6) is 0 Å². The molecule has 0 aliphatic carbocycles. The lowest BCUT2D eigenvalue weighted by Gasteiger charge is -1.90. The van der Waals surface area contributed by atoms with Crippen LogP contribution in [0, 0.1) is 5.16 Å². The summed E-state index contributed by atoms with van der Waals surface area (Å²) in [4.78, 5) is 0. The van der Waals surface area contributed by atoms with Crippen molar-refractivity contribution in [1.82, 2.24) is 0 Å². The molecule has 0 saturated heterocycles. The van der Waals surface area contributed by atoms with Gasteiger partial charge in [0.2, 0.25) is 7.71 Å². The van der Waals surface area contributed by atoms with Crippen LogP contribution in [0.3, 0.4) is 0 Å². The van der Waals surface area contributed by atoms with Gasteiger partial charge in [0.05, 0.1) is 0 Å². The van der Waals surface area contributed by atoms with Crippen LogP contribution in [-0.4, -0.2) is 6.16 Å². The molecule has 0 bridgehead atoms. The number of allylic oxidation sites excluding steroid dienone is 1. The molecule has 0 aromatic carbocycles. The highest BCUT2D eigenvalue weighted by Gasteiger charge is 2.06. The summed E-state index contributed by atoms with van der Waals surface area (Å²) in [6, 6.07) is 0. The Balaban J connectivity index is 2.51. The maximum Gasteiger partial charge on any atom is 0.226 e. The van der Waals surface area contributed by atoms with Gasteiger partial charge in [-0.05, 0) is 18.9 Å². The second kappa shape index (κ2) is 2.23. The van der Waals surface area contributed by atoms with E-state index in [0.717, 1.165) is 6.16 Å². The van der Waals surface area contributed by atoms with E-state index in [-0.39, 0.29) is 0 Å². The Morgan fingerprint density at radius 3 is 2.71 bits per heavy atom. The summed E-state index contributed by atoms with van der Waals surface area (Å²) in [5, 5.41) is 7.25. The van der Waals surface area contributed by atoms with Crippen molar-refractivity contribution in [2.24, 2.45) is 0 Å². The molecular formula is C5H9NP+. The predicted octanol–water partition coefficient (Wildman–Crippen LogP) is 2.54. The molecule has 2 heteroatoms. The standard InChI is InChI=1S/C5H9NP/c6-7-4-2-1-3-5-7/h2,4,6H,1,3,5H2/q+1. The minimum absolute atomic E-state index is 0.422. The van der Waals surface area contributed by atoms with E-state index in [0.29, 0.717) is 0 Å². The first-order chi connectivity index (χ1) is 3.39. The van der Waals surface area contributed by atoms with E-state index < -0.39 is 7.71 Å². The average Bonchev–Trinajstić information content (AvgIpc) is 1.69. The number of nitrogens with one attached hydrogen (secondary N) is 1. The monoisotopic (exact) mass is 114 g/mol. The van der Waals surface area contributed by atoms with Gasteiger partial charge < -0.3 is 0 Å². The summed E-state index contributed by atoms with van der Waals surface area (Å²) >= 11 is 0. The molecule has 1 N–H and O–H groups in total. The maximum atomic E-state index is 7.25. The third-order valence-electron chi connectivity index (χ3n) is 1.06. The van der Waals surface area contributed by atoms with Crippen LogP contribution in [0.1, 0.15) is 12.8 Å². The minimum Gasteiger partial charge on any atom is -0.119 e. The molecule has 1 heterocycles. The summed E-state index contributed by atoms with van der Waals surface area (Å²) in [7, 11) is -0.422. The molecule has 0 radical (unpaired) electrons. The SMILES string of the molecule is N=[P+]1C=CCCC1. The first-order valence-corrected chi connectivity index (χ1v) is 4.14. The van der Waals surface area contributed by atoms with Crippen LogP contribution < -0.4 is 0 Å². The third kappa shape index (κ3) is 1.40. The van der Waals surface area contributed by atoms with Crippen molar-refractivity contribution in [3.8, 4) is 0 Å². The summed E-state index contributed by atoms with van der Waals surface area (Å²) < 4.78 is 0. The predicted molar refractivity (Wildman–Crippen MR) is 32.9 cm³/mol. The van der Waals surface area contributed by atoms with Gasteiger partial charge >= 0.3 is 0 Å². The normalized spacial score (nSPS) is 25.4. The molecule has 1 nitrogen and oxygen atoms in total. The van der Waals surface area contributed by atoms with Crippen molar-refractivity contribution >= 4 is 7.71 Å². The molecule has 0 saturated carbocycles. The minimum atomic E-state index is -0.422. The zero-order valence-corrected chi connectivity index (χ0v) is 5.12. The molecule has 1 aliphatic rings. The van der Waals surface area contributed by atoms with Crippen LogP contribution in [0.15, 0.2) is 11.9 Å². The van der Waals surface area contributed by atoms with Gasteiger partial charge in [0.15, 0.2) is 0 Å². The summed E-state index contributed by atoms with van der Waals surface area (Å²) in [5.41, 5.74) is 0. The largest absolute Gasteiger partial charge is 0.226 e. The van der Waals surface area contributed by atoms with E-state index in [1.165, 1.54) is 12.8 Å². The van der Waals surface area contributed by atoms with Crippen LogP contribution in [-0.2, 0) is 0 Å².